The van der Waals surface area contributed by atoms with E-state index < -0.39 is 0 Å². The Morgan fingerprint density at radius 2 is 2.15 bits per heavy atom. The van der Waals surface area contributed by atoms with Crippen LogP contribution >= 0.6 is 11.6 Å². The SMILES string of the molecule is CCCCCC(C)NC(=O)CCCl. The van der Waals surface area contributed by atoms with Crippen molar-refractivity contribution >= 4 is 17.5 Å². The van der Waals surface area contributed by atoms with Gasteiger partial charge >= 0.3 is 0 Å². The highest BCUT2D eigenvalue weighted by Crippen LogP contribution is 2.02. The normalized spacial score (nSPS) is 12.5. The molecule has 0 saturated carbocycles. The molecule has 0 aliphatic heterocycles. The number of carbonyl (C=O) groups is 1. The van der Waals surface area contributed by atoms with E-state index in [1.165, 1.54) is 19.3 Å². The molecule has 0 rings (SSSR count). The van der Waals surface area contributed by atoms with Gasteiger partial charge in [0.25, 0.3) is 0 Å². The summed E-state index contributed by atoms with van der Waals surface area (Å²) >= 11 is 5.45. The summed E-state index contributed by atoms with van der Waals surface area (Å²) in [5, 5.41) is 2.92. The Bertz CT molecular complexity index is 139. The van der Waals surface area contributed by atoms with Gasteiger partial charge in [-0.15, -0.1) is 11.6 Å². The predicted molar refractivity (Wildman–Crippen MR) is 57.1 cm³/mol. The van der Waals surface area contributed by atoms with Crippen LogP contribution in [0.3, 0.4) is 0 Å². The minimum atomic E-state index is 0.0685. The molecular formula is C10H20ClNO. The quantitative estimate of drug-likeness (QED) is 0.503. The molecule has 0 aromatic carbocycles. The van der Waals surface area contributed by atoms with Crippen molar-refractivity contribution in [2.75, 3.05) is 5.88 Å². The standard InChI is InChI=1S/C10H20ClNO/c1-3-4-5-6-9(2)12-10(13)7-8-11/h9H,3-8H2,1-2H3,(H,12,13). The zero-order valence-electron chi connectivity index (χ0n) is 8.61. The highest BCUT2D eigenvalue weighted by atomic mass is 35.5. The number of amides is 1. The summed E-state index contributed by atoms with van der Waals surface area (Å²) in [6.07, 6.45) is 5.17. The molecule has 0 spiro atoms. The molecule has 0 radical (unpaired) electrons. The van der Waals surface area contributed by atoms with Gasteiger partial charge in [0.05, 0.1) is 0 Å². The summed E-state index contributed by atoms with van der Waals surface area (Å²) < 4.78 is 0. The van der Waals surface area contributed by atoms with Gasteiger partial charge in [0, 0.05) is 18.3 Å². The molecule has 0 aliphatic carbocycles. The third-order valence-electron chi connectivity index (χ3n) is 1.97. The second kappa shape index (κ2) is 8.36. The van der Waals surface area contributed by atoms with Crippen LogP contribution in [0.5, 0.6) is 0 Å². The third kappa shape index (κ3) is 8.10. The fraction of sp³-hybridized carbons (Fsp3) is 0.900. The molecule has 3 heteroatoms. The first-order valence-corrected chi connectivity index (χ1v) is 5.59. The van der Waals surface area contributed by atoms with Crippen molar-refractivity contribution in [3.05, 3.63) is 0 Å². The minimum absolute atomic E-state index is 0.0685. The number of nitrogens with one attached hydrogen (secondary N) is 1. The molecule has 0 aromatic rings. The van der Waals surface area contributed by atoms with E-state index in [1.807, 2.05) is 6.92 Å². The average molecular weight is 206 g/mol. The van der Waals surface area contributed by atoms with Gasteiger partial charge in [-0.3, -0.25) is 4.79 Å². The van der Waals surface area contributed by atoms with Crippen molar-refractivity contribution in [3.8, 4) is 0 Å². The molecule has 0 aliphatic rings. The van der Waals surface area contributed by atoms with Crippen molar-refractivity contribution in [1.82, 2.24) is 5.32 Å². The van der Waals surface area contributed by atoms with E-state index in [0.717, 1.165) is 6.42 Å². The lowest BCUT2D eigenvalue weighted by Crippen LogP contribution is -2.32. The topological polar surface area (TPSA) is 29.1 Å². The smallest absolute Gasteiger partial charge is 0.221 e. The second-order valence-corrected chi connectivity index (χ2v) is 3.78. The monoisotopic (exact) mass is 205 g/mol. The first-order chi connectivity index (χ1) is 6.20. The van der Waals surface area contributed by atoms with Crippen LogP contribution < -0.4 is 5.32 Å². The molecule has 1 N–H and O–H groups in total. The van der Waals surface area contributed by atoms with Gasteiger partial charge in [0.15, 0.2) is 0 Å². The predicted octanol–water partition coefficient (Wildman–Crippen LogP) is 2.70. The lowest BCUT2D eigenvalue weighted by Gasteiger charge is -2.12. The highest BCUT2D eigenvalue weighted by molar-refractivity contribution is 6.18. The van der Waals surface area contributed by atoms with E-state index >= 15 is 0 Å². The van der Waals surface area contributed by atoms with Crippen LogP contribution in [0.2, 0.25) is 0 Å². The molecule has 0 saturated heterocycles. The van der Waals surface area contributed by atoms with Crippen LogP contribution in [0.1, 0.15) is 46.0 Å². The number of rotatable bonds is 7. The Kier molecular flexibility index (Phi) is 8.21. The first-order valence-electron chi connectivity index (χ1n) is 5.06. The van der Waals surface area contributed by atoms with Crippen molar-refractivity contribution < 1.29 is 4.79 Å². The molecule has 0 fully saturated rings. The Hall–Kier alpha value is -0.240. The third-order valence-corrected chi connectivity index (χ3v) is 2.16. The zero-order valence-corrected chi connectivity index (χ0v) is 9.36. The van der Waals surface area contributed by atoms with Gasteiger partial charge in [0.1, 0.15) is 0 Å². The van der Waals surface area contributed by atoms with Gasteiger partial charge in [-0.25, -0.2) is 0 Å². The van der Waals surface area contributed by atoms with E-state index in [4.69, 9.17) is 11.6 Å². The largest absolute Gasteiger partial charge is 0.354 e. The van der Waals surface area contributed by atoms with Gasteiger partial charge in [-0.2, -0.15) is 0 Å². The van der Waals surface area contributed by atoms with Crippen molar-refractivity contribution in [1.29, 1.82) is 0 Å². The summed E-state index contributed by atoms with van der Waals surface area (Å²) in [7, 11) is 0. The number of unbranched alkanes of at least 4 members (excludes halogenated alkanes) is 2. The van der Waals surface area contributed by atoms with Gasteiger partial charge < -0.3 is 5.32 Å². The van der Waals surface area contributed by atoms with Crippen LogP contribution in [-0.4, -0.2) is 17.8 Å². The van der Waals surface area contributed by atoms with Gasteiger partial charge in [-0.1, -0.05) is 26.2 Å². The molecule has 1 unspecified atom stereocenters. The van der Waals surface area contributed by atoms with Crippen LogP contribution in [0.4, 0.5) is 0 Å². The Morgan fingerprint density at radius 3 is 2.69 bits per heavy atom. The maximum absolute atomic E-state index is 11.1. The van der Waals surface area contributed by atoms with E-state index in [9.17, 15) is 4.79 Å². The van der Waals surface area contributed by atoms with Gasteiger partial charge in [-0.05, 0) is 13.3 Å². The number of halogens is 1. The van der Waals surface area contributed by atoms with Crippen LogP contribution in [0.15, 0.2) is 0 Å². The summed E-state index contributed by atoms with van der Waals surface area (Å²) in [5.74, 6) is 0.479. The minimum Gasteiger partial charge on any atom is -0.354 e. The zero-order chi connectivity index (χ0) is 10.1. The van der Waals surface area contributed by atoms with E-state index in [1.54, 1.807) is 0 Å². The Balaban J connectivity index is 3.38. The molecular weight excluding hydrogens is 186 g/mol. The Morgan fingerprint density at radius 1 is 1.46 bits per heavy atom. The van der Waals surface area contributed by atoms with Crippen LogP contribution in [0.25, 0.3) is 0 Å². The van der Waals surface area contributed by atoms with E-state index in [0.29, 0.717) is 18.3 Å². The lowest BCUT2D eigenvalue weighted by atomic mass is 10.1. The number of carbonyl (C=O) groups excluding carboxylic acids is 1. The fourth-order valence-electron chi connectivity index (χ4n) is 1.21. The van der Waals surface area contributed by atoms with Gasteiger partial charge in [0.2, 0.25) is 5.91 Å². The molecule has 2 nitrogen and oxygen atoms in total. The summed E-state index contributed by atoms with van der Waals surface area (Å²) in [4.78, 5) is 11.1. The van der Waals surface area contributed by atoms with Crippen molar-refractivity contribution in [2.45, 2.75) is 52.0 Å². The van der Waals surface area contributed by atoms with E-state index in [-0.39, 0.29) is 5.91 Å². The highest BCUT2D eigenvalue weighted by Gasteiger charge is 2.05. The number of hydrogen-bond donors (Lipinski definition) is 1. The molecule has 1 atom stereocenters. The summed E-state index contributed by atoms with van der Waals surface area (Å²) in [6, 6.07) is 0.294. The maximum atomic E-state index is 11.1. The lowest BCUT2D eigenvalue weighted by molar-refractivity contribution is -0.121. The number of hydrogen-bond acceptors (Lipinski definition) is 1. The van der Waals surface area contributed by atoms with Crippen molar-refractivity contribution in [2.24, 2.45) is 0 Å². The molecule has 13 heavy (non-hydrogen) atoms. The average Bonchev–Trinajstić information content (AvgIpc) is 2.05. The summed E-state index contributed by atoms with van der Waals surface area (Å²) in [5.41, 5.74) is 0. The molecule has 0 heterocycles. The second-order valence-electron chi connectivity index (χ2n) is 3.40. The summed E-state index contributed by atoms with van der Waals surface area (Å²) in [6.45, 7) is 4.22. The molecule has 0 aromatic heterocycles. The number of alkyl halides is 1. The van der Waals surface area contributed by atoms with Crippen LogP contribution in [-0.2, 0) is 4.79 Å². The van der Waals surface area contributed by atoms with Crippen molar-refractivity contribution in [3.63, 3.8) is 0 Å². The maximum Gasteiger partial charge on any atom is 0.221 e. The molecule has 0 bridgehead atoms. The Labute approximate surface area is 86.0 Å². The van der Waals surface area contributed by atoms with Crippen LogP contribution in [0, 0.1) is 0 Å². The van der Waals surface area contributed by atoms with E-state index in [2.05, 4.69) is 12.2 Å². The molecule has 1 amide bonds. The molecule has 78 valence electrons. The first kappa shape index (κ1) is 12.8. The fourth-order valence-corrected chi connectivity index (χ4v) is 1.38.